The first-order valence-corrected chi connectivity index (χ1v) is 8.63. The van der Waals surface area contributed by atoms with Gasteiger partial charge in [-0.2, -0.15) is 0 Å². The summed E-state index contributed by atoms with van der Waals surface area (Å²) >= 11 is 1.62. The predicted molar refractivity (Wildman–Crippen MR) is 88.6 cm³/mol. The molecule has 22 heavy (non-hydrogen) atoms. The van der Waals surface area contributed by atoms with Crippen molar-refractivity contribution in [2.75, 3.05) is 18.0 Å². The molecule has 3 nitrogen and oxygen atoms in total. The van der Waals surface area contributed by atoms with E-state index in [1.54, 1.807) is 30.2 Å². The van der Waals surface area contributed by atoms with Gasteiger partial charge in [0.1, 0.15) is 23.0 Å². The summed E-state index contributed by atoms with van der Waals surface area (Å²) in [5.74, 6) is 2.24. The van der Waals surface area contributed by atoms with Crippen molar-refractivity contribution in [1.82, 2.24) is 9.97 Å². The lowest BCUT2D eigenvalue weighted by Crippen LogP contribution is -2.34. The molecular weight excluding hydrogens is 297 g/mol. The van der Waals surface area contributed by atoms with Gasteiger partial charge in [0.15, 0.2) is 0 Å². The molecule has 1 aromatic heterocycles. The van der Waals surface area contributed by atoms with Crippen molar-refractivity contribution < 1.29 is 4.39 Å². The molecule has 0 aliphatic carbocycles. The first-order valence-electron chi connectivity index (χ1n) is 7.65. The van der Waals surface area contributed by atoms with E-state index in [1.165, 1.54) is 18.9 Å². The summed E-state index contributed by atoms with van der Waals surface area (Å²) in [6.07, 6.45) is 4.14. The summed E-state index contributed by atoms with van der Waals surface area (Å²) in [6.45, 7) is 4.41. The van der Waals surface area contributed by atoms with Crippen LogP contribution in [0.5, 0.6) is 0 Å². The van der Waals surface area contributed by atoms with E-state index >= 15 is 0 Å². The summed E-state index contributed by atoms with van der Waals surface area (Å²) in [4.78, 5) is 11.1. The zero-order valence-corrected chi connectivity index (χ0v) is 13.5. The van der Waals surface area contributed by atoms with Crippen LogP contribution in [0, 0.1) is 11.7 Å². The molecule has 0 saturated carbocycles. The van der Waals surface area contributed by atoms with Gasteiger partial charge in [0.2, 0.25) is 0 Å². The molecule has 0 amide bonds. The number of benzene rings is 1. The quantitative estimate of drug-likeness (QED) is 0.626. The number of halogens is 1. The van der Waals surface area contributed by atoms with E-state index in [1.807, 2.05) is 12.1 Å². The highest BCUT2D eigenvalue weighted by atomic mass is 32.2. The number of rotatable bonds is 4. The standard InChI is InChI=1S/C17H20FN3S/c1-13-4-3-7-21(10-13)16-9-17(20-12-19-16)22-11-14-5-2-6-15(18)8-14/h2,5-6,8-9,12-13H,3-4,7,10-11H2,1H3. The molecule has 1 aliphatic rings. The van der Waals surface area contributed by atoms with Crippen LogP contribution in [0.15, 0.2) is 41.7 Å². The van der Waals surface area contributed by atoms with Crippen molar-refractivity contribution in [3.05, 3.63) is 48.0 Å². The van der Waals surface area contributed by atoms with Gasteiger partial charge in [-0.3, -0.25) is 0 Å². The summed E-state index contributed by atoms with van der Waals surface area (Å²) in [6, 6.07) is 8.76. The van der Waals surface area contributed by atoms with Crippen molar-refractivity contribution >= 4 is 17.6 Å². The van der Waals surface area contributed by atoms with Gasteiger partial charge in [-0.15, -0.1) is 11.8 Å². The lowest BCUT2D eigenvalue weighted by molar-refractivity contribution is 0.444. The molecule has 116 valence electrons. The molecule has 3 rings (SSSR count). The Kier molecular flexibility index (Phi) is 4.93. The van der Waals surface area contributed by atoms with Crippen molar-refractivity contribution in [3.63, 3.8) is 0 Å². The molecule has 1 fully saturated rings. The summed E-state index contributed by atoms with van der Waals surface area (Å²) in [5.41, 5.74) is 0.969. The van der Waals surface area contributed by atoms with E-state index in [0.717, 1.165) is 29.5 Å². The Balaban J connectivity index is 1.66. The first-order chi connectivity index (χ1) is 10.7. The number of hydrogen-bond donors (Lipinski definition) is 0. The molecule has 5 heteroatoms. The third-order valence-corrected chi connectivity index (χ3v) is 4.88. The van der Waals surface area contributed by atoms with Gasteiger partial charge in [-0.05, 0) is 36.5 Å². The van der Waals surface area contributed by atoms with E-state index in [0.29, 0.717) is 11.7 Å². The molecule has 2 heterocycles. The van der Waals surface area contributed by atoms with Crippen molar-refractivity contribution in [1.29, 1.82) is 0 Å². The van der Waals surface area contributed by atoms with E-state index in [9.17, 15) is 4.39 Å². The smallest absolute Gasteiger partial charge is 0.133 e. The van der Waals surface area contributed by atoms with Gasteiger partial charge in [-0.1, -0.05) is 19.1 Å². The Bertz CT molecular complexity index is 635. The Morgan fingerprint density at radius 2 is 2.23 bits per heavy atom. The fourth-order valence-electron chi connectivity index (χ4n) is 2.76. The van der Waals surface area contributed by atoms with Gasteiger partial charge in [-0.25, -0.2) is 14.4 Å². The monoisotopic (exact) mass is 317 g/mol. The van der Waals surface area contributed by atoms with Crippen LogP contribution < -0.4 is 4.90 Å². The average Bonchev–Trinajstić information content (AvgIpc) is 2.53. The van der Waals surface area contributed by atoms with Crippen LogP contribution in [0.3, 0.4) is 0 Å². The second-order valence-corrected chi connectivity index (χ2v) is 6.82. The highest BCUT2D eigenvalue weighted by Gasteiger charge is 2.17. The van der Waals surface area contributed by atoms with Crippen molar-refractivity contribution in [3.8, 4) is 0 Å². The Hall–Kier alpha value is -1.62. The minimum absolute atomic E-state index is 0.191. The molecule has 2 aromatic rings. The topological polar surface area (TPSA) is 29.0 Å². The van der Waals surface area contributed by atoms with Crippen molar-refractivity contribution in [2.24, 2.45) is 5.92 Å². The molecule has 0 N–H and O–H groups in total. The lowest BCUT2D eigenvalue weighted by atomic mass is 10.0. The average molecular weight is 317 g/mol. The van der Waals surface area contributed by atoms with E-state index in [-0.39, 0.29) is 5.82 Å². The Morgan fingerprint density at radius 3 is 3.05 bits per heavy atom. The minimum Gasteiger partial charge on any atom is -0.356 e. The molecule has 1 unspecified atom stereocenters. The van der Waals surface area contributed by atoms with E-state index in [4.69, 9.17) is 0 Å². The van der Waals surface area contributed by atoms with E-state index < -0.39 is 0 Å². The number of hydrogen-bond acceptors (Lipinski definition) is 4. The highest BCUT2D eigenvalue weighted by Crippen LogP contribution is 2.26. The van der Waals surface area contributed by atoms with Gasteiger partial charge >= 0.3 is 0 Å². The van der Waals surface area contributed by atoms with Crippen LogP contribution >= 0.6 is 11.8 Å². The molecule has 1 aliphatic heterocycles. The number of nitrogens with zero attached hydrogens (tertiary/aromatic N) is 3. The fourth-order valence-corrected chi connectivity index (χ4v) is 3.57. The Morgan fingerprint density at radius 1 is 1.32 bits per heavy atom. The molecule has 1 aromatic carbocycles. The molecule has 1 atom stereocenters. The largest absolute Gasteiger partial charge is 0.356 e. The normalized spacial score (nSPS) is 18.5. The molecule has 0 spiro atoms. The molecule has 0 radical (unpaired) electrons. The zero-order chi connectivity index (χ0) is 15.4. The lowest BCUT2D eigenvalue weighted by Gasteiger charge is -2.31. The van der Waals surface area contributed by atoms with Crippen LogP contribution in [-0.2, 0) is 5.75 Å². The van der Waals surface area contributed by atoms with Crippen LogP contribution in [0.2, 0.25) is 0 Å². The number of thioether (sulfide) groups is 1. The summed E-state index contributed by atoms with van der Waals surface area (Å²) in [5, 5.41) is 0.937. The van der Waals surface area contributed by atoms with Gasteiger partial charge < -0.3 is 4.90 Å². The summed E-state index contributed by atoms with van der Waals surface area (Å²) in [7, 11) is 0. The SMILES string of the molecule is CC1CCCN(c2cc(SCc3cccc(F)c3)ncn2)C1. The zero-order valence-electron chi connectivity index (χ0n) is 12.7. The van der Waals surface area contributed by atoms with Crippen molar-refractivity contribution in [2.45, 2.75) is 30.5 Å². The number of anilines is 1. The minimum atomic E-state index is -0.191. The molecule has 1 saturated heterocycles. The summed E-state index contributed by atoms with van der Waals surface area (Å²) < 4.78 is 13.2. The first kappa shape index (κ1) is 15.3. The van der Waals surface area contributed by atoms with Gasteiger partial charge in [0.05, 0.1) is 0 Å². The fraction of sp³-hybridized carbons (Fsp3) is 0.412. The number of piperidine rings is 1. The molecule has 0 bridgehead atoms. The maximum atomic E-state index is 13.2. The van der Waals surface area contributed by atoms with Crippen LogP contribution in [0.4, 0.5) is 10.2 Å². The molecular formula is C17H20FN3S. The maximum absolute atomic E-state index is 13.2. The van der Waals surface area contributed by atoms with Crippen LogP contribution in [-0.4, -0.2) is 23.1 Å². The Labute approximate surface area is 135 Å². The van der Waals surface area contributed by atoms with E-state index in [2.05, 4.69) is 21.8 Å². The predicted octanol–water partition coefficient (Wildman–Crippen LogP) is 4.14. The number of aromatic nitrogens is 2. The highest BCUT2D eigenvalue weighted by molar-refractivity contribution is 7.98. The third kappa shape index (κ3) is 3.97. The van der Waals surface area contributed by atoms with Crippen LogP contribution in [0.25, 0.3) is 0 Å². The maximum Gasteiger partial charge on any atom is 0.133 e. The van der Waals surface area contributed by atoms with Gasteiger partial charge in [0.25, 0.3) is 0 Å². The second-order valence-electron chi connectivity index (χ2n) is 5.83. The van der Waals surface area contributed by atoms with Gasteiger partial charge in [0, 0.05) is 24.9 Å². The second kappa shape index (κ2) is 7.09. The van der Waals surface area contributed by atoms with Crippen LogP contribution in [0.1, 0.15) is 25.3 Å². The third-order valence-electron chi connectivity index (χ3n) is 3.88.